The summed E-state index contributed by atoms with van der Waals surface area (Å²) in [6, 6.07) is 1.44. The second-order valence-corrected chi connectivity index (χ2v) is 5.34. The maximum Gasteiger partial charge on any atom is 0.256 e. The molecule has 1 aromatic carbocycles. The van der Waals surface area contributed by atoms with E-state index in [9.17, 15) is 18.4 Å². The molecule has 114 valence electrons. The number of primary amides is 1. The van der Waals surface area contributed by atoms with Crippen LogP contribution in [0.25, 0.3) is 0 Å². The van der Waals surface area contributed by atoms with E-state index in [4.69, 9.17) is 11.5 Å². The molecule has 0 bridgehead atoms. The zero-order valence-corrected chi connectivity index (χ0v) is 11.6. The molecule has 1 aliphatic heterocycles. The predicted molar refractivity (Wildman–Crippen MR) is 73.2 cm³/mol. The van der Waals surface area contributed by atoms with Gasteiger partial charge in [0.1, 0.15) is 0 Å². The van der Waals surface area contributed by atoms with E-state index >= 15 is 0 Å². The molecule has 7 heteroatoms. The first-order chi connectivity index (χ1) is 9.81. The molecule has 1 fully saturated rings. The lowest BCUT2D eigenvalue weighted by molar-refractivity contribution is -0.123. The third-order valence-corrected chi connectivity index (χ3v) is 3.87. The van der Waals surface area contributed by atoms with Crippen LogP contribution in [0.15, 0.2) is 12.1 Å². The fourth-order valence-corrected chi connectivity index (χ4v) is 2.52. The van der Waals surface area contributed by atoms with Gasteiger partial charge in [-0.05, 0) is 25.8 Å². The van der Waals surface area contributed by atoms with Crippen molar-refractivity contribution in [3.8, 4) is 0 Å². The van der Waals surface area contributed by atoms with Crippen molar-refractivity contribution in [3.05, 3.63) is 29.3 Å². The third-order valence-electron chi connectivity index (χ3n) is 3.87. The van der Waals surface area contributed by atoms with E-state index < -0.39 is 29.4 Å². The maximum atomic E-state index is 13.3. The fourth-order valence-electron chi connectivity index (χ4n) is 2.52. The fraction of sp³-hybridized carbons (Fsp3) is 0.429. The van der Waals surface area contributed by atoms with Gasteiger partial charge >= 0.3 is 0 Å². The molecule has 1 aromatic rings. The molecule has 2 rings (SSSR count). The van der Waals surface area contributed by atoms with Gasteiger partial charge in [0, 0.05) is 24.3 Å². The Hall–Kier alpha value is -2.18. The summed E-state index contributed by atoms with van der Waals surface area (Å²) in [7, 11) is 0. The van der Waals surface area contributed by atoms with E-state index in [0.717, 1.165) is 12.1 Å². The zero-order valence-electron chi connectivity index (χ0n) is 11.6. The number of piperidine rings is 1. The Kier molecular flexibility index (Phi) is 4.11. The number of anilines is 1. The Morgan fingerprint density at radius 1 is 1.24 bits per heavy atom. The summed E-state index contributed by atoms with van der Waals surface area (Å²) in [5.41, 5.74) is 10.6. The molecule has 21 heavy (non-hydrogen) atoms. The standard InChI is InChI=1S/C14H17F2N3O2/c1-7-2-3-8(13(18)20)6-19(7)14(21)9-4-10(15)11(16)5-12(9)17/h4-5,7-8H,2-3,6,17H2,1H3,(H2,18,20). The number of likely N-dealkylation sites (tertiary alicyclic amines) is 1. The number of hydrogen-bond acceptors (Lipinski definition) is 3. The Labute approximate surface area is 120 Å². The van der Waals surface area contributed by atoms with Crippen LogP contribution in [0.3, 0.4) is 0 Å². The minimum absolute atomic E-state index is 0.106. The molecule has 0 spiro atoms. The lowest BCUT2D eigenvalue weighted by Crippen LogP contribution is -2.48. The Balaban J connectivity index is 2.30. The summed E-state index contributed by atoms with van der Waals surface area (Å²) in [5, 5.41) is 0. The summed E-state index contributed by atoms with van der Waals surface area (Å²) >= 11 is 0. The first-order valence-corrected chi connectivity index (χ1v) is 6.66. The highest BCUT2D eigenvalue weighted by atomic mass is 19.2. The van der Waals surface area contributed by atoms with Crippen molar-refractivity contribution in [2.75, 3.05) is 12.3 Å². The van der Waals surface area contributed by atoms with Crippen LogP contribution in [0.1, 0.15) is 30.1 Å². The van der Waals surface area contributed by atoms with E-state index in [2.05, 4.69) is 0 Å². The summed E-state index contributed by atoms with van der Waals surface area (Å²) < 4.78 is 26.4. The van der Waals surface area contributed by atoms with E-state index in [1.807, 2.05) is 6.92 Å². The molecule has 4 N–H and O–H groups in total. The Bertz CT molecular complexity index is 592. The molecule has 0 radical (unpaired) electrons. The van der Waals surface area contributed by atoms with Gasteiger partial charge in [-0.3, -0.25) is 9.59 Å². The highest BCUT2D eigenvalue weighted by molar-refractivity contribution is 5.99. The lowest BCUT2D eigenvalue weighted by Gasteiger charge is -2.37. The molecule has 2 unspecified atom stereocenters. The van der Waals surface area contributed by atoms with Gasteiger partial charge in [0.15, 0.2) is 11.6 Å². The molecule has 0 aliphatic carbocycles. The van der Waals surface area contributed by atoms with Crippen molar-refractivity contribution >= 4 is 17.5 Å². The van der Waals surface area contributed by atoms with Crippen molar-refractivity contribution in [3.63, 3.8) is 0 Å². The number of nitrogens with two attached hydrogens (primary N) is 2. The topological polar surface area (TPSA) is 89.4 Å². The van der Waals surface area contributed by atoms with E-state index in [1.54, 1.807) is 0 Å². The largest absolute Gasteiger partial charge is 0.398 e. The Morgan fingerprint density at radius 2 is 1.86 bits per heavy atom. The Morgan fingerprint density at radius 3 is 2.48 bits per heavy atom. The third kappa shape index (κ3) is 2.96. The lowest BCUT2D eigenvalue weighted by atomic mass is 9.92. The van der Waals surface area contributed by atoms with Crippen molar-refractivity contribution in [2.24, 2.45) is 11.7 Å². The first kappa shape index (κ1) is 15.2. The number of carbonyl (C=O) groups excluding carboxylic acids is 2. The number of hydrogen-bond donors (Lipinski definition) is 2. The molecule has 2 amide bonds. The van der Waals surface area contributed by atoms with E-state index in [1.165, 1.54) is 4.90 Å². The average molecular weight is 297 g/mol. The number of halogens is 2. The van der Waals surface area contributed by atoms with Crippen LogP contribution in [0.5, 0.6) is 0 Å². The molecule has 0 aromatic heterocycles. The minimum atomic E-state index is -1.14. The summed E-state index contributed by atoms with van der Waals surface area (Å²) in [4.78, 5) is 25.2. The van der Waals surface area contributed by atoms with Crippen molar-refractivity contribution in [1.82, 2.24) is 4.90 Å². The van der Waals surface area contributed by atoms with Crippen molar-refractivity contribution in [1.29, 1.82) is 0 Å². The van der Waals surface area contributed by atoms with Gasteiger partial charge in [0.05, 0.1) is 11.5 Å². The van der Waals surface area contributed by atoms with Crippen LogP contribution in [-0.4, -0.2) is 29.3 Å². The molecule has 1 heterocycles. The molecule has 2 atom stereocenters. The van der Waals surface area contributed by atoms with Gasteiger partial charge in [0.25, 0.3) is 5.91 Å². The number of benzene rings is 1. The molecule has 1 saturated heterocycles. The van der Waals surface area contributed by atoms with Crippen LogP contribution in [0, 0.1) is 17.6 Å². The van der Waals surface area contributed by atoms with Gasteiger partial charge in [0.2, 0.25) is 5.91 Å². The van der Waals surface area contributed by atoms with E-state index in [-0.39, 0.29) is 23.8 Å². The summed E-state index contributed by atoms with van der Waals surface area (Å²) in [6.45, 7) is 1.99. The van der Waals surface area contributed by atoms with Crippen molar-refractivity contribution < 1.29 is 18.4 Å². The van der Waals surface area contributed by atoms with Gasteiger partial charge in [-0.1, -0.05) is 0 Å². The highest BCUT2D eigenvalue weighted by Crippen LogP contribution is 2.26. The van der Waals surface area contributed by atoms with E-state index in [0.29, 0.717) is 12.8 Å². The quantitative estimate of drug-likeness (QED) is 0.806. The normalized spacial score (nSPS) is 22.1. The van der Waals surface area contributed by atoms with Gasteiger partial charge in [-0.15, -0.1) is 0 Å². The number of rotatable bonds is 2. The monoisotopic (exact) mass is 297 g/mol. The van der Waals surface area contributed by atoms with Gasteiger partial charge < -0.3 is 16.4 Å². The maximum absolute atomic E-state index is 13.3. The van der Waals surface area contributed by atoms with Crippen LogP contribution in [0.2, 0.25) is 0 Å². The van der Waals surface area contributed by atoms with Crippen molar-refractivity contribution in [2.45, 2.75) is 25.8 Å². The summed E-state index contributed by atoms with van der Waals surface area (Å²) in [5.74, 6) is -3.67. The predicted octanol–water partition coefficient (Wildman–Crippen LogP) is 1.27. The smallest absolute Gasteiger partial charge is 0.256 e. The van der Waals surface area contributed by atoms with Crippen LogP contribution < -0.4 is 11.5 Å². The molecule has 5 nitrogen and oxygen atoms in total. The van der Waals surface area contributed by atoms with Gasteiger partial charge in [-0.2, -0.15) is 0 Å². The number of nitrogen functional groups attached to an aromatic ring is 1. The minimum Gasteiger partial charge on any atom is -0.398 e. The molecular formula is C14H17F2N3O2. The molecule has 0 saturated carbocycles. The molecule has 1 aliphatic rings. The summed E-state index contributed by atoms with van der Waals surface area (Å²) in [6.07, 6.45) is 1.22. The number of nitrogens with zero attached hydrogens (tertiary/aromatic N) is 1. The van der Waals surface area contributed by atoms with Gasteiger partial charge in [-0.25, -0.2) is 8.78 Å². The SMILES string of the molecule is CC1CCC(C(N)=O)CN1C(=O)c1cc(F)c(F)cc1N. The van der Waals surface area contributed by atoms with Crippen LogP contribution in [0.4, 0.5) is 14.5 Å². The first-order valence-electron chi connectivity index (χ1n) is 6.66. The highest BCUT2D eigenvalue weighted by Gasteiger charge is 2.33. The number of carbonyl (C=O) groups is 2. The molecular weight excluding hydrogens is 280 g/mol. The second kappa shape index (κ2) is 5.67. The second-order valence-electron chi connectivity index (χ2n) is 5.34. The van der Waals surface area contributed by atoms with Crippen LogP contribution in [-0.2, 0) is 4.79 Å². The zero-order chi connectivity index (χ0) is 15.7. The van der Waals surface area contributed by atoms with Crippen LogP contribution >= 0.6 is 0 Å². The number of amides is 2. The average Bonchev–Trinajstić information content (AvgIpc) is 2.42.